The molecule has 19 heavy (non-hydrogen) atoms. The van der Waals surface area contributed by atoms with Crippen LogP contribution in [0.4, 0.5) is 0 Å². The maximum Gasteiger partial charge on any atom is 0.0482 e. The summed E-state index contributed by atoms with van der Waals surface area (Å²) in [7, 11) is 2.18. The largest absolute Gasteiger partial charge is 0.348 e. The zero-order chi connectivity index (χ0) is 13.8. The molecule has 2 aromatic rings. The molecule has 2 atom stereocenters. The van der Waals surface area contributed by atoms with Crippen molar-refractivity contribution in [1.82, 2.24) is 4.57 Å². The van der Waals surface area contributed by atoms with Crippen molar-refractivity contribution in [3.05, 3.63) is 35.5 Å². The molecule has 0 bridgehead atoms. The normalized spacial score (nSPS) is 24.9. The Morgan fingerprint density at radius 3 is 2.63 bits per heavy atom. The molecule has 0 spiro atoms. The van der Waals surface area contributed by atoms with Crippen LogP contribution in [0.3, 0.4) is 0 Å². The first-order valence-corrected chi connectivity index (χ1v) is 7.24. The van der Waals surface area contributed by atoms with Gasteiger partial charge in [-0.2, -0.15) is 0 Å². The second-order valence-corrected chi connectivity index (χ2v) is 6.56. The van der Waals surface area contributed by atoms with Crippen LogP contribution in [0.5, 0.6) is 0 Å². The lowest BCUT2D eigenvalue weighted by atomic mass is 10.0. The Morgan fingerprint density at radius 2 is 1.95 bits per heavy atom. The third kappa shape index (κ3) is 1.66. The molecule has 1 aromatic heterocycles. The van der Waals surface area contributed by atoms with Gasteiger partial charge in [0.25, 0.3) is 0 Å². The van der Waals surface area contributed by atoms with E-state index in [0.717, 1.165) is 18.9 Å². The van der Waals surface area contributed by atoms with E-state index in [1.165, 1.54) is 16.6 Å². The van der Waals surface area contributed by atoms with E-state index in [1.807, 2.05) is 0 Å². The van der Waals surface area contributed by atoms with E-state index in [1.54, 1.807) is 5.56 Å². The minimum absolute atomic E-state index is 0.397. The minimum Gasteiger partial charge on any atom is -0.348 e. The van der Waals surface area contributed by atoms with Gasteiger partial charge in [-0.05, 0) is 48.8 Å². The van der Waals surface area contributed by atoms with Gasteiger partial charge in [0.1, 0.15) is 0 Å². The average Bonchev–Trinajstić information content (AvgIpc) is 2.81. The number of hydrogen-bond acceptors (Lipinski definition) is 1. The van der Waals surface area contributed by atoms with Crippen LogP contribution < -0.4 is 5.73 Å². The van der Waals surface area contributed by atoms with Gasteiger partial charge in [0, 0.05) is 23.6 Å². The van der Waals surface area contributed by atoms with Crippen LogP contribution in [0.2, 0.25) is 0 Å². The van der Waals surface area contributed by atoms with Crippen LogP contribution in [0, 0.1) is 18.3 Å². The van der Waals surface area contributed by atoms with E-state index in [0.29, 0.717) is 11.3 Å². The predicted octanol–water partition coefficient (Wildman–Crippen LogP) is 3.58. The Bertz CT molecular complexity index is 621. The van der Waals surface area contributed by atoms with Gasteiger partial charge in [-0.15, -0.1) is 0 Å². The number of aromatic nitrogens is 1. The Labute approximate surface area is 115 Å². The van der Waals surface area contributed by atoms with Crippen molar-refractivity contribution in [2.75, 3.05) is 6.54 Å². The number of hydrogen-bond donors (Lipinski definition) is 1. The first kappa shape index (κ1) is 12.7. The molecule has 1 fully saturated rings. The molecule has 1 heterocycles. The van der Waals surface area contributed by atoms with Crippen molar-refractivity contribution in [1.29, 1.82) is 0 Å². The van der Waals surface area contributed by atoms with Crippen molar-refractivity contribution in [2.24, 2.45) is 24.1 Å². The highest BCUT2D eigenvalue weighted by Gasteiger charge is 2.58. The second-order valence-electron chi connectivity index (χ2n) is 6.56. The molecule has 0 saturated heterocycles. The summed E-state index contributed by atoms with van der Waals surface area (Å²) in [5.74, 6) is 1.41. The van der Waals surface area contributed by atoms with E-state index in [9.17, 15) is 0 Å². The molecule has 1 aromatic carbocycles. The summed E-state index contributed by atoms with van der Waals surface area (Å²) in [5, 5.41) is 1.43. The Balaban J connectivity index is 2.14. The molecule has 0 radical (unpaired) electrons. The summed E-state index contributed by atoms with van der Waals surface area (Å²) in [4.78, 5) is 0. The number of benzene rings is 1. The molecule has 102 valence electrons. The smallest absolute Gasteiger partial charge is 0.0482 e. The summed E-state index contributed by atoms with van der Waals surface area (Å²) in [6.45, 7) is 7.83. The third-order valence-corrected chi connectivity index (χ3v) is 5.29. The monoisotopic (exact) mass is 256 g/mol. The Hall–Kier alpha value is -1.28. The van der Waals surface area contributed by atoms with E-state index in [4.69, 9.17) is 5.73 Å². The highest BCUT2D eigenvalue weighted by molar-refractivity contribution is 5.86. The first-order chi connectivity index (χ1) is 9.00. The molecule has 2 heteroatoms. The molecule has 1 aliphatic rings. The number of fused-ring (bicyclic) bond motifs is 1. The Kier molecular flexibility index (Phi) is 2.75. The van der Waals surface area contributed by atoms with Crippen molar-refractivity contribution in [2.45, 2.75) is 33.1 Å². The van der Waals surface area contributed by atoms with E-state index < -0.39 is 0 Å². The van der Waals surface area contributed by atoms with Gasteiger partial charge in [-0.25, -0.2) is 0 Å². The number of aryl methyl sites for hydroxylation is 1. The Morgan fingerprint density at radius 1 is 1.26 bits per heavy atom. The molecular weight excluding hydrogens is 232 g/mol. The predicted molar refractivity (Wildman–Crippen MR) is 81.3 cm³/mol. The lowest BCUT2D eigenvalue weighted by molar-refractivity contribution is 0.534. The topological polar surface area (TPSA) is 30.9 Å². The number of para-hydroxylation sites is 1. The van der Waals surface area contributed by atoms with Crippen LogP contribution >= 0.6 is 0 Å². The molecule has 0 aliphatic heterocycles. The summed E-state index contributed by atoms with van der Waals surface area (Å²) in [5.41, 5.74) is 10.5. The first-order valence-electron chi connectivity index (χ1n) is 7.24. The second kappa shape index (κ2) is 4.11. The molecule has 0 unspecified atom stereocenters. The van der Waals surface area contributed by atoms with Crippen molar-refractivity contribution >= 4 is 10.9 Å². The fourth-order valence-electron chi connectivity index (χ4n) is 3.98. The van der Waals surface area contributed by atoms with Crippen molar-refractivity contribution in [3.8, 4) is 0 Å². The fraction of sp³-hybridized carbons (Fsp3) is 0.529. The lowest BCUT2D eigenvalue weighted by Gasteiger charge is -2.04. The number of rotatable bonds is 3. The van der Waals surface area contributed by atoms with E-state index >= 15 is 0 Å². The van der Waals surface area contributed by atoms with Crippen LogP contribution in [0.15, 0.2) is 24.3 Å². The number of nitrogens with zero attached hydrogens (tertiary/aromatic N) is 1. The molecule has 2 nitrogen and oxygen atoms in total. The van der Waals surface area contributed by atoms with Gasteiger partial charge in [-0.1, -0.05) is 32.0 Å². The molecule has 1 saturated carbocycles. The molecule has 1 aliphatic carbocycles. The highest BCUT2D eigenvalue weighted by atomic mass is 15.0. The lowest BCUT2D eigenvalue weighted by Crippen LogP contribution is -2.02. The standard InChI is InChI=1S/C17H24N2/c1-11-15(16-13(9-10-18)17(16,2)3)12-7-5-6-8-14(12)19(11)4/h5-8,13,16H,9-10,18H2,1-4H3/t13-,16-/m1/s1. The minimum atomic E-state index is 0.397. The zero-order valence-electron chi connectivity index (χ0n) is 12.4. The van der Waals surface area contributed by atoms with Gasteiger partial charge < -0.3 is 10.3 Å². The van der Waals surface area contributed by atoms with Crippen molar-refractivity contribution < 1.29 is 0 Å². The zero-order valence-corrected chi connectivity index (χ0v) is 12.4. The molecule has 0 amide bonds. The van der Waals surface area contributed by atoms with Crippen LogP contribution in [-0.2, 0) is 7.05 Å². The van der Waals surface area contributed by atoms with Crippen LogP contribution in [-0.4, -0.2) is 11.1 Å². The maximum absolute atomic E-state index is 5.78. The molecular formula is C17H24N2. The summed E-state index contributed by atoms with van der Waals surface area (Å²) in [6.07, 6.45) is 1.14. The van der Waals surface area contributed by atoms with Crippen LogP contribution in [0.1, 0.15) is 37.4 Å². The van der Waals surface area contributed by atoms with E-state index in [2.05, 4.69) is 56.7 Å². The van der Waals surface area contributed by atoms with Crippen LogP contribution in [0.25, 0.3) is 10.9 Å². The van der Waals surface area contributed by atoms with Gasteiger partial charge in [0.05, 0.1) is 0 Å². The summed E-state index contributed by atoms with van der Waals surface area (Å²) < 4.78 is 2.33. The average molecular weight is 256 g/mol. The SMILES string of the molecule is Cc1c([C@H]2[C@@H](CCN)C2(C)C)c2ccccc2n1C. The molecule has 3 rings (SSSR count). The third-order valence-electron chi connectivity index (χ3n) is 5.29. The van der Waals surface area contributed by atoms with Gasteiger partial charge in [-0.3, -0.25) is 0 Å². The summed E-state index contributed by atoms with van der Waals surface area (Å²) in [6, 6.07) is 8.77. The van der Waals surface area contributed by atoms with Gasteiger partial charge in [0.2, 0.25) is 0 Å². The number of nitrogens with two attached hydrogens (primary N) is 1. The summed E-state index contributed by atoms with van der Waals surface area (Å²) >= 11 is 0. The van der Waals surface area contributed by atoms with Gasteiger partial charge >= 0.3 is 0 Å². The quantitative estimate of drug-likeness (QED) is 0.894. The van der Waals surface area contributed by atoms with E-state index in [-0.39, 0.29) is 0 Å². The fourth-order valence-corrected chi connectivity index (χ4v) is 3.98. The highest BCUT2D eigenvalue weighted by Crippen LogP contribution is 2.67. The maximum atomic E-state index is 5.78. The van der Waals surface area contributed by atoms with Crippen molar-refractivity contribution in [3.63, 3.8) is 0 Å². The van der Waals surface area contributed by atoms with Gasteiger partial charge in [0.15, 0.2) is 0 Å². The molecule has 2 N–H and O–H groups in total.